The standard InChI is InChI=1S/C18H18F2N2O3S2/c19-15-7-4-8-16(20)18(15)27(24,25)22-11-9-21(10-12-22)17(23)13-26-14-5-2-1-3-6-14/h1-8H,9-13H2. The number of rotatable bonds is 5. The Morgan fingerprint density at radius 3 is 2.11 bits per heavy atom. The Bertz CT molecular complexity index is 895. The molecule has 1 aliphatic heterocycles. The van der Waals surface area contributed by atoms with Crippen molar-refractivity contribution in [2.24, 2.45) is 0 Å². The lowest BCUT2D eigenvalue weighted by Crippen LogP contribution is -2.51. The van der Waals surface area contributed by atoms with E-state index < -0.39 is 26.6 Å². The highest BCUT2D eigenvalue weighted by molar-refractivity contribution is 8.00. The van der Waals surface area contributed by atoms with E-state index >= 15 is 0 Å². The van der Waals surface area contributed by atoms with Crippen LogP contribution in [-0.4, -0.2) is 55.5 Å². The van der Waals surface area contributed by atoms with E-state index in [0.29, 0.717) is 0 Å². The van der Waals surface area contributed by atoms with E-state index in [1.807, 2.05) is 30.3 Å². The summed E-state index contributed by atoms with van der Waals surface area (Å²) in [7, 11) is -4.29. The normalized spacial score (nSPS) is 15.7. The van der Waals surface area contributed by atoms with Crippen LogP contribution in [0.2, 0.25) is 0 Å². The Kier molecular flexibility index (Phi) is 6.13. The van der Waals surface area contributed by atoms with Gasteiger partial charge in [-0.05, 0) is 24.3 Å². The molecule has 1 heterocycles. The third-order valence-electron chi connectivity index (χ3n) is 4.21. The highest BCUT2D eigenvalue weighted by Gasteiger charge is 2.33. The Balaban J connectivity index is 1.60. The number of carbonyl (C=O) groups is 1. The maximum Gasteiger partial charge on any atom is 0.249 e. The molecule has 0 atom stereocenters. The Labute approximate surface area is 161 Å². The topological polar surface area (TPSA) is 57.7 Å². The fourth-order valence-corrected chi connectivity index (χ4v) is 5.14. The number of hydrogen-bond donors (Lipinski definition) is 0. The van der Waals surface area contributed by atoms with Gasteiger partial charge in [0.05, 0.1) is 5.75 Å². The molecule has 9 heteroatoms. The molecule has 1 fully saturated rings. The third kappa shape index (κ3) is 4.48. The number of benzene rings is 2. The monoisotopic (exact) mass is 412 g/mol. The van der Waals surface area contributed by atoms with Gasteiger partial charge < -0.3 is 4.90 Å². The summed E-state index contributed by atoms with van der Waals surface area (Å²) < 4.78 is 53.8. The van der Waals surface area contributed by atoms with Gasteiger partial charge in [-0.15, -0.1) is 11.8 Å². The van der Waals surface area contributed by atoms with Crippen LogP contribution in [0.1, 0.15) is 0 Å². The van der Waals surface area contributed by atoms with Crippen molar-refractivity contribution >= 4 is 27.7 Å². The molecule has 1 saturated heterocycles. The van der Waals surface area contributed by atoms with Crippen LogP contribution in [0.5, 0.6) is 0 Å². The van der Waals surface area contributed by atoms with Crippen LogP contribution in [0.4, 0.5) is 8.78 Å². The molecule has 1 aliphatic rings. The van der Waals surface area contributed by atoms with Crippen molar-refractivity contribution in [1.82, 2.24) is 9.21 Å². The van der Waals surface area contributed by atoms with E-state index in [0.717, 1.165) is 27.4 Å². The van der Waals surface area contributed by atoms with E-state index in [2.05, 4.69) is 0 Å². The fourth-order valence-electron chi connectivity index (χ4n) is 2.79. The van der Waals surface area contributed by atoms with E-state index in [4.69, 9.17) is 0 Å². The van der Waals surface area contributed by atoms with E-state index in [1.54, 1.807) is 4.90 Å². The molecule has 3 rings (SSSR count). The zero-order chi connectivity index (χ0) is 19.4. The Morgan fingerprint density at radius 1 is 0.926 bits per heavy atom. The summed E-state index contributed by atoms with van der Waals surface area (Å²) >= 11 is 1.41. The second-order valence-electron chi connectivity index (χ2n) is 5.94. The lowest BCUT2D eigenvalue weighted by atomic mass is 10.3. The average molecular weight is 412 g/mol. The average Bonchev–Trinajstić information content (AvgIpc) is 2.67. The highest BCUT2D eigenvalue weighted by Crippen LogP contribution is 2.24. The summed E-state index contributed by atoms with van der Waals surface area (Å²) in [6.07, 6.45) is 0. The molecule has 0 bridgehead atoms. The summed E-state index contributed by atoms with van der Waals surface area (Å²) in [6, 6.07) is 12.4. The number of nitrogens with zero attached hydrogens (tertiary/aromatic N) is 2. The van der Waals surface area contributed by atoms with Gasteiger partial charge in [-0.25, -0.2) is 17.2 Å². The summed E-state index contributed by atoms with van der Waals surface area (Å²) in [5, 5.41) is 0. The largest absolute Gasteiger partial charge is 0.339 e. The van der Waals surface area contributed by atoms with E-state index in [1.165, 1.54) is 11.8 Å². The van der Waals surface area contributed by atoms with Crippen LogP contribution >= 0.6 is 11.8 Å². The second-order valence-corrected chi connectivity index (χ2v) is 8.86. The SMILES string of the molecule is O=C(CSc1ccccc1)N1CCN(S(=O)(=O)c2c(F)cccc2F)CC1. The minimum absolute atomic E-state index is 0.00213. The summed E-state index contributed by atoms with van der Waals surface area (Å²) in [5.74, 6) is -2.09. The highest BCUT2D eigenvalue weighted by atomic mass is 32.2. The summed E-state index contributed by atoms with van der Waals surface area (Å²) in [6.45, 7) is 0.364. The minimum atomic E-state index is -4.29. The van der Waals surface area contributed by atoms with Gasteiger partial charge in [-0.2, -0.15) is 4.31 Å². The molecule has 0 aliphatic carbocycles. The smallest absolute Gasteiger partial charge is 0.249 e. The van der Waals surface area contributed by atoms with Crippen LogP contribution in [0, 0.1) is 11.6 Å². The molecule has 2 aromatic carbocycles. The predicted molar refractivity (Wildman–Crippen MR) is 98.9 cm³/mol. The van der Waals surface area contributed by atoms with Crippen molar-refractivity contribution in [1.29, 1.82) is 0 Å². The Morgan fingerprint density at radius 2 is 1.52 bits per heavy atom. The van der Waals surface area contributed by atoms with Crippen LogP contribution in [0.15, 0.2) is 58.3 Å². The van der Waals surface area contributed by atoms with Gasteiger partial charge >= 0.3 is 0 Å². The van der Waals surface area contributed by atoms with Gasteiger partial charge in [0.15, 0.2) is 4.90 Å². The molecule has 2 aromatic rings. The van der Waals surface area contributed by atoms with Gasteiger partial charge in [0.2, 0.25) is 15.9 Å². The lowest BCUT2D eigenvalue weighted by Gasteiger charge is -2.34. The number of amides is 1. The first-order chi connectivity index (χ1) is 12.9. The van der Waals surface area contributed by atoms with Crippen LogP contribution in [0.25, 0.3) is 0 Å². The summed E-state index contributed by atoms with van der Waals surface area (Å²) in [5.41, 5.74) is 0. The van der Waals surface area contributed by atoms with Gasteiger partial charge in [-0.1, -0.05) is 24.3 Å². The van der Waals surface area contributed by atoms with Crippen LogP contribution in [0.3, 0.4) is 0 Å². The van der Waals surface area contributed by atoms with E-state index in [-0.39, 0.29) is 37.8 Å². The van der Waals surface area contributed by atoms with Crippen molar-refractivity contribution < 1.29 is 22.0 Å². The first-order valence-electron chi connectivity index (χ1n) is 8.29. The van der Waals surface area contributed by atoms with Crippen molar-refractivity contribution in [3.8, 4) is 0 Å². The van der Waals surface area contributed by atoms with E-state index in [9.17, 15) is 22.0 Å². The molecule has 144 valence electrons. The number of sulfonamides is 1. The minimum Gasteiger partial charge on any atom is -0.339 e. The first kappa shape index (κ1) is 19.8. The zero-order valence-electron chi connectivity index (χ0n) is 14.3. The molecular formula is C18H18F2N2O3S2. The fraction of sp³-hybridized carbons (Fsp3) is 0.278. The van der Waals surface area contributed by atoms with Gasteiger partial charge in [0.1, 0.15) is 11.6 Å². The van der Waals surface area contributed by atoms with Crippen molar-refractivity contribution in [2.45, 2.75) is 9.79 Å². The zero-order valence-corrected chi connectivity index (χ0v) is 16.0. The molecule has 0 unspecified atom stereocenters. The summed E-state index contributed by atoms with van der Waals surface area (Å²) in [4.78, 5) is 13.9. The van der Waals surface area contributed by atoms with Crippen molar-refractivity contribution in [2.75, 3.05) is 31.9 Å². The van der Waals surface area contributed by atoms with Gasteiger partial charge in [0.25, 0.3) is 0 Å². The third-order valence-corrected chi connectivity index (χ3v) is 7.16. The quantitative estimate of drug-likeness (QED) is 0.709. The molecule has 0 N–H and O–H groups in total. The first-order valence-corrected chi connectivity index (χ1v) is 10.7. The molecular weight excluding hydrogens is 394 g/mol. The number of halogens is 2. The molecule has 1 amide bonds. The number of thioether (sulfide) groups is 1. The van der Waals surface area contributed by atoms with Gasteiger partial charge in [0, 0.05) is 31.1 Å². The molecule has 0 saturated carbocycles. The molecule has 27 heavy (non-hydrogen) atoms. The predicted octanol–water partition coefficient (Wildman–Crippen LogP) is 2.59. The molecule has 0 spiro atoms. The molecule has 0 radical (unpaired) electrons. The number of hydrogen-bond acceptors (Lipinski definition) is 4. The van der Waals surface area contributed by atoms with Gasteiger partial charge in [-0.3, -0.25) is 4.79 Å². The molecule has 0 aromatic heterocycles. The Hall–Kier alpha value is -1.97. The second kappa shape index (κ2) is 8.37. The number of piperazine rings is 1. The lowest BCUT2D eigenvalue weighted by molar-refractivity contribution is -0.129. The maximum atomic E-state index is 13.9. The molecule has 5 nitrogen and oxygen atoms in total. The number of carbonyl (C=O) groups excluding carboxylic acids is 1. The van der Waals surface area contributed by atoms with Crippen LogP contribution < -0.4 is 0 Å². The maximum absolute atomic E-state index is 13.9. The van der Waals surface area contributed by atoms with Crippen LogP contribution in [-0.2, 0) is 14.8 Å². The van der Waals surface area contributed by atoms with Crippen molar-refractivity contribution in [3.05, 3.63) is 60.2 Å². The van der Waals surface area contributed by atoms with Crippen molar-refractivity contribution in [3.63, 3.8) is 0 Å².